The fourth-order valence-electron chi connectivity index (χ4n) is 3.44. The van der Waals surface area contributed by atoms with E-state index in [2.05, 4.69) is 50.5 Å². The van der Waals surface area contributed by atoms with Crippen LogP contribution in [0.15, 0.2) is 67.0 Å². The van der Waals surface area contributed by atoms with E-state index in [1.165, 1.54) is 5.56 Å². The zero-order valence-corrected chi connectivity index (χ0v) is 14.5. The maximum Gasteiger partial charge on any atom is 0.152 e. The Labute approximate surface area is 153 Å². The van der Waals surface area contributed by atoms with Crippen molar-refractivity contribution in [3.63, 3.8) is 0 Å². The van der Waals surface area contributed by atoms with Crippen LogP contribution in [0.5, 0.6) is 5.75 Å². The molecule has 5 heteroatoms. The van der Waals surface area contributed by atoms with Crippen molar-refractivity contribution in [3.8, 4) is 17.0 Å². The van der Waals surface area contributed by atoms with Crippen LogP contribution in [0.4, 0.5) is 5.82 Å². The van der Waals surface area contributed by atoms with Crippen molar-refractivity contribution in [3.05, 3.63) is 72.6 Å². The molecular formula is C21H22N4O. The lowest BCUT2D eigenvalue weighted by Gasteiger charge is -2.18. The minimum absolute atomic E-state index is 0.231. The molecule has 1 fully saturated rings. The molecule has 0 spiro atoms. The standard InChI is InChI=1S/C21H22N4O/c26-19-8-4-7-17(13-19)20-21(23-11-10-22-20)24-18-9-12-25(15-18)14-16-5-2-1-3-6-16/h1-8,10-11,13,18,26H,9,12,14-15H2,(H,23,24)/t18-/m1/s1. The number of anilines is 1. The number of benzene rings is 2. The topological polar surface area (TPSA) is 61.3 Å². The summed E-state index contributed by atoms with van der Waals surface area (Å²) in [6.45, 7) is 3.01. The minimum atomic E-state index is 0.231. The molecule has 2 N–H and O–H groups in total. The van der Waals surface area contributed by atoms with E-state index in [1.54, 1.807) is 24.5 Å². The highest BCUT2D eigenvalue weighted by Gasteiger charge is 2.23. The molecule has 1 aliphatic rings. The number of aromatic hydroxyl groups is 1. The molecule has 0 radical (unpaired) electrons. The number of hydrogen-bond acceptors (Lipinski definition) is 5. The zero-order valence-electron chi connectivity index (χ0n) is 14.5. The van der Waals surface area contributed by atoms with E-state index in [9.17, 15) is 5.11 Å². The van der Waals surface area contributed by atoms with E-state index >= 15 is 0 Å². The van der Waals surface area contributed by atoms with Crippen LogP contribution in [-0.2, 0) is 6.54 Å². The quantitative estimate of drug-likeness (QED) is 0.740. The van der Waals surface area contributed by atoms with Crippen LogP contribution in [0.25, 0.3) is 11.3 Å². The molecule has 5 nitrogen and oxygen atoms in total. The summed E-state index contributed by atoms with van der Waals surface area (Å²) < 4.78 is 0. The summed E-state index contributed by atoms with van der Waals surface area (Å²) in [5.74, 6) is 0.999. The van der Waals surface area contributed by atoms with Gasteiger partial charge >= 0.3 is 0 Å². The van der Waals surface area contributed by atoms with E-state index in [0.29, 0.717) is 6.04 Å². The molecule has 0 saturated carbocycles. The Balaban J connectivity index is 1.45. The lowest BCUT2D eigenvalue weighted by atomic mass is 10.1. The molecule has 1 aromatic heterocycles. The van der Waals surface area contributed by atoms with Crippen molar-refractivity contribution in [2.75, 3.05) is 18.4 Å². The summed E-state index contributed by atoms with van der Waals surface area (Å²) in [7, 11) is 0. The number of nitrogens with zero attached hydrogens (tertiary/aromatic N) is 3. The highest BCUT2D eigenvalue weighted by Crippen LogP contribution is 2.27. The number of nitrogens with one attached hydrogen (secondary N) is 1. The van der Waals surface area contributed by atoms with Gasteiger partial charge in [-0.15, -0.1) is 0 Å². The van der Waals surface area contributed by atoms with Gasteiger partial charge in [-0.3, -0.25) is 9.88 Å². The number of hydrogen-bond donors (Lipinski definition) is 2. The first kappa shape index (κ1) is 16.5. The van der Waals surface area contributed by atoms with Crippen molar-refractivity contribution < 1.29 is 5.11 Å². The smallest absolute Gasteiger partial charge is 0.152 e. The fraction of sp³-hybridized carbons (Fsp3) is 0.238. The maximum atomic E-state index is 9.75. The Hall–Kier alpha value is -2.92. The van der Waals surface area contributed by atoms with Crippen LogP contribution in [0.2, 0.25) is 0 Å². The maximum absolute atomic E-state index is 9.75. The van der Waals surface area contributed by atoms with Crippen LogP contribution in [-0.4, -0.2) is 39.1 Å². The summed E-state index contributed by atoms with van der Waals surface area (Å²) in [6, 6.07) is 18.0. The number of phenolic OH excluding ortho intramolecular Hbond substituents is 1. The van der Waals surface area contributed by atoms with Gasteiger partial charge in [-0.2, -0.15) is 0 Å². The first-order valence-corrected chi connectivity index (χ1v) is 8.91. The average molecular weight is 346 g/mol. The average Bonchev–Trinajstić information content (AvgIpc) is 3.10. The lowest BCUT2D eigenvalue weighted by molar-refractivity contribution is 0.328. The van der Waals surface area contributed by atoms with Crippen LogP contribution >= 0.6 is 0 Å². The summed E-state index contributed by atoms with van der Waals surface area (Å²) in [4.78, 5) is 11.4. The molecule has 3 aromatic rings. The zero-order chi connectivity index (χ0) is 17.8. The highest BCUT2D eigenvalue weighted by atomic mass is 16.3. The second-order valence-corrected chi connectivity index (χ2v) is 6.65. The molecule has 0 bridgehead atoms. The molecule has 4 rings (SSSR count). The molecule has 1 saturated heterocycles. The lowest BCUT2D eigenvalue weighted by Crippen LogP contribution is -2.26. The Morgan fingerprint density at radius 3 is 2.73 bits per heavy atom. The molecule has 0 amide bonds. The van der Waals surface area contributed by atoms with Crippen molar-refractivity contribution in [2.24, 2.45) is 0 Å². The van der Waals surface area contributed by atoms with E-state index in [0.717, 1.165) is 43.1 Å². The second kappa shape index (κ2) is 7.54. The number of aromatic nitrogens is 2. The number of rotatable bonds is 5. The predicted octanol–water partition coefficient (Wildman–Crippen LogP) is 3.54. The largest absolute Gasteiger partial charge is 0.508 e. The molecule has 1 aliphatic heterocycles. The molecule has 132 valence electrons. The fourth-order valence-corrected chi connectivity index (χ4v) is 3.44. The number of likely N-dealkylation sites (tertiary alicyclic amines) is 1. The molecule has 0 aliphatic carbocycles. The predicted molar refractivity (Wildman–Crippen MR) is 103 cm³/mol. The highest BCUT2D eigenvalue weighted by molar-refractivity contribution is 5.72. The van der Waals surface area contributed by atoms with Gasteiger partial charge in [0.25, 0.3) is 0 Å². The van der Waals surface area contributed by atoms with Gasteiger partial charge in [0.15, 0.2) is 5.82 Å². The van der Waals surface area contributed by atoms with Gasteiger partial charge in [0.2, 0.25) is 0 Å². The minimum Gasteiger partial charge on any atom is -0.508 e. The van der Waals surface area contributed by atoms with Crippen LogP contribution < -0.4 is 5.32 Å². The SMILES string of the molecule is Oc1cccc(-c2nccnc2N[C@@H]2CCN(Cc3ccccc3)C2)c1. The van der Waals surface area contributed by atoms with Crippen LogP contribution in [0.3, 0.4) is 0 Å². The van der Waals surface area contributed by atoms with Gasteiger partial charge in [-0.1, -0.05) is 42.5 Å². The molecular weight excluding hydrogens is 324 g/mol. The summed E-state index contributed by atoms with van der Waals surface area (Å²) >= 11 is 0. The summed E-state index contributed by atoms with van der Waals surface area (Å²) in [5.41, 5.74) is 2.97. The van der Waals surface area contributed by atoms with Gasteiger partial charge in [0.1, 0.15) is 11.4 Å². The van der Waals surface area contributed by atoms with Crippen LogP contribution in [0, 0.1) is 0 Å². The molecule has 0 unspecified atom stereocenters. The summed E-state index contributed by atoms with van der Waals surface area (Å²) in [6.07, 6.45) is 4.45. The Bertz CT molecular complexity index is 869. The Morgan fingerprint density at radius 1 is 1.04 bits per heavy atom. The molecule has 2 aromatic carbocycles. The van der Waals surface area contributed by atoms with Gasteiger partial charge in [0.05, 0.1) is 0 Å². The van der Waals surface area contributed by atoms with Gasteiger partial charge in [0, 0.05) is 43.6 Å². The monoisotopic (exact) mass is 346 g/mol. The third kappa shape index (κ3) is 3.83. The van der Waals surface area contributed by atoms with Crippen molar-refractivity contribution in [1.29, 1.82) is 0 Å². The van der Waals surface area contributed by atoms with Gasteiger partial charge in [-0.05, 0) is 24.1 Å². The van der Waals surface area contributed by atoms with E-state index in [-0.39, 0.29) is 5.75 Å². The molecule has 26 heavy (non-hydrogen) atoms. The molecule has 2 heterocycles. The number of phenols is 1. The second-order valence-electron chi connectivity index (χ2n) is 6.65. The first-order valence-electron chi connectivity index (χ1n) is 8.91. The van der Waals surface area contributed by atoms with Gasteiger partial charge < -0.3 is 10.4 Å². The van der Waals surface area contributed by atoms with E-state index < -0.39 is 0 Å². The molecule has 1 atom stereocenters. The van der Waals surface area contributed by atoms with E-state index in [4.69, 9.17) is 0 Å². The summed E-state index contributed by atoms with van der Waals surface area (Å²) in [5, 5.41) is 13.3. The van der Waals surface area contributed by atoms with Gasteiger partial charge in [-0.25, -0.2) is 4.98 Å². The third-order valence-electron chi connectivity index (χ3n) is 4.68. The van der Waals surface area contributed by atoms with Crippen molar-refractivity contribution >= 4 is 5.82 Å². The van der Waals surface area contributed by atoms with Crippen LogP contribution in [0.1, 0.15) is 12.0 Å². The van der Waals surface area contributed by atoms with Crippen molar-refractivity contribution in [2.45, 2.75) is 19.0 Å². The van der Waals surface area contributed by atoms with E-state index in [1.807, 2.05) is 12.1 Å². The third-order valence-corrected chi connectivity index (χ3v) is 4.68. The first-order chi connectivity index (χ1) is 12.8. The van der Waals surface area contributed by atoms with Crippen molar-refractivity contribution in [1.82, 2.24) is 14.9 Å². The normalized spacial score (nSPS) is 17.3. The Morgan fingerprint density at radius 2 is 1.88 bits per heavy atom. The Kier molecular flexibility index (Phi) is 4.80.